The van der Waals surface area contributed by atoms with Gasteiger partial charge in [-0.1, -0.05) is 13.8 Å². The first kappa shape index (κ1) is 15.4. The van der Waals surface area contributed by atoms with Crippen LogP contribution in [0.25, 0.3) is 0 Å². The Morgan fingerprint density at radius 1 is 1.65 bits per heavy atom. The van der Waals surface area contributed by atoms with E-state index in [1.54, 1.807) is 11.3 Å². The number of nitrogens with two attached hydrogens (primary N) is 1. The van der Waals surface area contributed by atoms with Crippen LogP contribution >= 0.6 is 11.3 Å². The minimum absolute atomic E-state index is 0.0466. The van der Waals surface area contributed by atoms with Crippen LogP contribution in [0.2, 0.25) is 0 Å². The number of nitrogens with one attached hydrogen (secondary N) is 1. The number of aryl methyl sites for hydroxylation is 1. The van der Waals surface area contributed by atoms with Crippen molar-refractivity contribution in [2.24, 2.45) is 11.1 Å². The second kappa shape index (κ2) is 5.42. The Morgan fingerprint density at radius 3 is 2.85 bits per heavy atom. The number of ether oxygens (including phenoxy) is 1. The fraction of sp³-hybridized carbons (Fsp3) is 0.714. The molecule has 5 nitrogen and oxygen atoms in total. The molecule has 0 spiro atoms. The van der Waals surface area contributed by atoms with Crippen LogP contribution in [0.1, 0.15) is 37.1 Å². The second-order valence-corrected chi connectivity index (χ2v) is 7.21. The van der Waals surface area contributed by atoms with Crippen LogP contribution in [0.5, 0.6) is 0 Å². The van der Waals surface area contributed by atoms with Crippen molar-refractivity contribution in [3.05, 3.63) is 16.1 Å². The lowest BCUT2D eigenvalue weighted by atomic mass is 9.54. The van der Waals surface area contributed by atoms with E-state index in [1.165, 1.54) is 0 Å². The molecule has 1 aromatic heterocycles. The monoisotopic (exact) mass is 297 g/mol. The topological polar surface area (TPSA) is 77.2 Å². The molecular weight excluding hydrogens is 274 g/mol. The first-order chi connectivity index (χ1) is 9.31. The molecule has 0 saturated heterocycles. The molecule has 2 unspecified atom stereocenters. The summed E-state index contributed by atoms with van der Waals surface area (Å²) in [5.74, 6) is -0.119. The van der Waals surface area contributed by atoms with Crippen molar-refractivity contribution in [1.29, 1.82) is 0 Å². The number of hydrogen-bond donors (Lipinski definition) is 2. The third kappa shape index (κ3) is 2.47. The number of carbonyl (C=O) groups excluding carboxylic acids is 1. The Labute approximate surface area is 123 Å². The minimum atomic E-state index is -0.862. The van der Waals surface area contributed by atoms with Crippen LogP contribution in [-0.4, -0.2) is 29.1 Å². The van der Waals surface area contributed by atoms with Crippen molar-refractivity contribution in [2.75, 3.05) is 6.61 Å². The predicted octanol–water partition coefficient (Wildman–Crippen LogP) is 1.60. The van der Waals surface area contributed by atoms with Gasteiger partial charge in [-0.15, -0.1) is 11.3 Å². The van der Waals surface area contributed by atoms with Gasteiger partial charge in [-0.25, -0.2) is 4.98 Å². The third-order valence-electron chi connectivity index (χ3n) is 4.30. The zero-order chi connectivity index (χ0) is 15.0. The molecule has 1 aromatic rings. The van der Waals surface area contributed by atoms with Gasteiger partial charge in [0.15, 0.2) is 0 Å². The lowest BCUT2D eigenvalue weighted by Crippen LogP contribution is -2.75. The molecule has 3 N–H and O–H groups in total. The average molecular weight is 297 g/mol. The summed E-state index contributed by atoms with van der Waals surface area (Å²) in [6.07, 6.45) is 2.42. The molecule has 112 valence electrons. The van der Waals surface area contributed by atoms with Crippen molar-refractivity contribution < 1.29 is 9.53 Å². The maximum Gasteiger partial charge on any atom is 0.241 e. The normalized spacial score (nSPS) is 27.9. The molecule has 1 aliphatic carbocycles. The molecule has 0 bridgehead atoms. The zero-order valence-electron chi connectivity index (χ0n) is 12.5. The highest BCUT2D eigenvalue weighted by atomic mass is 32.1. The highest BCUT2D eigenvalue weighted by Crippen LogP contribution is 2.49. The fourth-order valence-corrected chi connectivity index (χ4v) is 3.34. The first-order valence-electron chi connectivity index (χ1n) is 6.91. The second-order valence-electron chi connectivity index (χ2n) is 5.89. The van der Waals surface area contributed by atoms with Crippen LogP contribution in [0.3, 0.4) is 0 Å². The standard InChI is InChI=1S/C14H23N3O2S/c1-5-19-10-6-14(15,13(10,3)4)12(18)17-8-11-16-7-9(2)20-11/h7,10H,5-6,8,15H2,1-4H3,(H,17,18). The van der Waals surface area contributed by atoms with Gasteiger partial charge < -0.3 is 15.8 Å². The van der Waals surface area contributed by atoms with E-state index in [1.807, 2.05) is 33.9 Å². The number of nitrogens with zero attached hydrogens (tertiary/aromatic N) is 1. The highest BCUT2D eigenvalue weighted by molar-refractivity contribution is 7.11. The van der Waals surface area contributed by atoms with E-state index in [0.717, 1.165) is 9.88 Å². The summed E-state index contributed by atoms with van der Waals surface area (Å²) >= 11 is 1.58. The van der Waals surface area contributed by atoms with Gasteiger partial charge in [0.1, 0.15) is 10.5 Å². The van der Waals surface area contributed by atoms with E-state index in [4.69, 9.17) is 10.5 Å². The van der Waals surface area contributed by atoms with Crippen molar-refractivity contribution in [2.45, 2.75) is 52.3 Å². The van der Waals surface area contributed by atoms with Gasteiger partial charge in [0.05, 0.1) is 12.6 Å². The van der Waals surface area contributed by atoms with Gasteiger partial charge in [-0.2, -0.15) is 0 Å². The van der Waals surface area contributed by atoms with E-state index in [-0.39, 0.29) is 17.4 Å². The van der Waals surface area contributed by atoms with Crippen molar-refractivity contribution >= 4 is 17.2 Å². The molecule has 2 rings (SSSR count). The largest absolute Gasteiger partial charge is 0.378 e. The summed E-state index contributed by atoms with van der Waals surface area (Å²) in [5, 5.41) is 3.80. The number of carbonyl (C=O) groups is 1. The number of hydrogen-bond acceptors (Lipinski definition) is 5. The lowest BCUT2D eigenvalue weighted by molar-refractivity contribution is -0.170. The van der Waals surface area contributed by atoms with E-state index in [0.29, 0.717) is 19.6 Å². The van der Waals surface area contributed by atoms with E-state index in [2.05, 4.69) is 10.3 Å². The summed E-state index contributed by atoms with van der Waals surface area (Å²) in [6.45, 7) is 9.01. The SMILES string of the molecule is CCOC1CC(N)(C(=O)NCc2ncc(C)s2)C1(C)C. The fourth-order valence-electron chi connectivity index (χ4n) is 2.62. The Kier molecular flexibility index (Phi) is 4.18. The number of amides is 1. The predicted molar refractivity (Wildman–Crippen MR) is 79.4 cm³/mol. The minimum Gasteiger partial charge on any atom is -0.378 e. The Hall–Kier alpha value is -0.980. The number of thiazole rings is 1. The van der Waals surface area contributed by atoms with Crippen molar-refractivity contribution in [3.8, 4) is 0 Å². The molecule has 1 saturated carbocycles. The quantitative estimate of drug-likeness (QED) is 0.865. The number of rotatable bonds is 5. The number of aromatic nitrogens is 1. The van der Waals surface area contributed by atoms with Crippen molar-refractivity contribution in [3.63, 3.8) is 0 Å². The molecule has 2 atom stereocenters. The van der Waals surface area contributed by atoms with E-state index >= 15 is 0 Å². The molecule has 1 fully saturated rings. The van der Waals surface area contributed by atoms with Crippen LogP contribution in [-0.2, 0) is 16.1 Å². The van der Waals surface area contributed by atoms with Gasteiger partial charge in [0.2, 0.25) is 5.91 Å². The van der Waals surface area contributed by atoms with E-state index in [9.17, 15) is 4.79 Å². The maximum atomic E-state index is 12.4. The molecule has 0 radical (unpaired) electrons. The molecular formula is C14H23N3O2S. The molecule has 6 heteroatoms. The van der Waals surface area contributed by atoms with Gasteiger partial charge in [-0.3, -0.25) is 4.79 Å². The van der Waals surface area contributed by atoms with E-state index < -0.39 is 5.54 Å². The maximum absolute atomic E-state index is 12.4. The Morgan fingerprint density at radius 2 is 2.35 bits per heavy atom. The summed E-state index contributed by atoms with van der Waals surface area (Å²) in [7, 11) is 0. The van der Waals surface area contributed by atoms with Gasteiger partial charge in [0.25, 0.3) is 0 Å². The summed E-state index contributed by atoms with van der Waals surface area (Å²) in [5.41, 5.74) is 5.09. The Bertz CT molecular complexity index is 500. The van der Waals surface area contributed by atoms with Crippen LogP contribution in [0.15, 0.2) is 6.20 Å². The molecule has 20 heavy (non-hydrogen) atoms. The van der Waals surface area contributed by atoms with Gasteiger partial charge in [0, 0.05) is 29.5 Å². The summed E-state index contributed by atoms with van der Waals surface area (Å²) in [4.78, 5) is 17.7. The molecule has 1 heterocycles. The lowest BCUT2D eigenvalue weighted by Gasteiger charge is -2.57. The Balaban J connectivity index is 1.95. The molecule has 0 aromatic carbocycles. The smallest absolute Gasteiger partial charge is 0.241 e. The average Bonchev–Trinajstić information content (AvgIpc) is 2.81. The van der Waals surface area contributed by atoms with Gasteiger partial charge >= 0.3 is 0 Å². The molecule has 0 aliphatic heterocycles. The van der Waals surface area contributed by atoms with Gasteiger partial charge in [-0.05, 0) is 13.8 Å². The highest BCUT2D eigenvalue weighted by Gasteiger charge is 2.62. The van der Waals surface area contributed by atoms with Crippen molar-refractivity contribution in [1.82, 2.24) is 10.3 Å². The zero-order valence-corrected chi connectivity index (χ0v) is 13.3. The van der Waals surface area contributed by atoms with Crippen LogP contribution in [0.4, 0.5) is 0 Å². The van der Waals surface area contributed by atoms with Crippen LogP contribution < -0.4 is 11.1 Å². The first-order valence-corrected chi connectivity index (χ1v) is 7.73. The molecule has 1 amide bonds. The molecule has 1 aliphatic rings. The third-order valence-corrected chi connectivity index (χ3v) is 5.22. The van der Waals surface area contributed by atoms with Crippen LogP contribution in [0, 0.1) is 12.3 Å². The summed E-state index contributed by atoms with van der Waals surface area (Å²) in [6, 6.07) is 0. The summed E-state index contributed by atoms with van der Waals surface area (Å²) < 4.78 is 5.63.